The molecule has 0 bridgehead atoms. The van der Waals surface area contributed by atoms with Crippen molar-refractivity contribution in [2.24, 2.45) is 0 Å². The van der Waals surface area contributed by atoms with Gasteiger partial charge in [0.15, 0.2) is 0 Å². The third-order valence-corrected chi connectivity index (χ3v) is 4.50. The van der Waals surface area contributed by atoms with Crippen LogP contribution < -0.4 is 5.32 Å². The Morgan fingerprint density at radius 2 is 2.12 bits per heavy atom. The molecule has 94 valence electrons. The fraction of sp³-hybridized carbons (Fsp3) is 0.600. The van der Waals surface area contributed by atoms with Crippen LogP contribution >= 0.6 is 11.8 Å². The zero-order chi connectivity index (χ0) is 11.9. The Labute approximate surface area is 109 Å². The molecule has 0 spiro atoms. The highest BCUT2D eigenvalue weighted by Crippen LogP contribution is 2.35. The van der Waals surface area contributed by atoms with Gasteiger partial charge in [0.05, 0.1) is 0 Å². The van der Waals surface area contributed by atoms with Gasteiger partial charge in [-0.15, -0.1) is 11.8 Å². The number of benzene rings is 1. The van der Waals surface area contributed by atoms with Crippen molar-refractivity contribution in [2.75, 3.05) is 12.3 Å². The smallest absolute Gasteiger partial charge is 0.0339 e. The molecule has 0 aromatic heterocycles. The second-order valence-electron chi connectivity index (χ2n) is 4.74. The van der Waals surface area contributed by atoms with Crippen LogP contribution in [0.4, 0.5) is 0 Å². The van der Waals surface area contributed by atoms with E-state index in [0.29, 0.717) is 6.04 Å². The van der Waals surface area contributed by atoms with E-state index in [0.717, 1.165) is 0 Å². The van der Waals surface area contributed by atoms with Gasteiger partial charge in [-0.25, -0.2) is 0 Å². The average Bonchev–Trinajstić information content (AvgIpc) is 2.39. The lowest BCUT2D eigenvalue weighted by Gasteiger charge is -2.26. The molecular formula is C15H23NS. The molecule has 17 heavy (non-hydrogen) atoms. The number of hydrogen-bond donors (Lipinski definition) is 1. The van der Waals surface area contributed by atoms with E-state index < -0.39 is 0 Å². The molecule has 0 saturated carbocycles. The largest absolute Gasteiger partial charge is 0.310 e. The minimum absolute atomic E-state index is 0.592. The van der Waals surface area contributed by atoms with Crippen LogP contribution in [-0.4, -0.2) is 12.3 Å². The normalized spacial score (nSPS) is 19.0. The monoisotopic (exact) mass is 249 g/mol. The van der Waals surface area contributed by atoms with E-state index in [4.69, 9.17) is 0 Å². The zero-order valence-electron chi connectivity index (χ0n) is 10.7. The SMILES string of the molecule is CCCCCCNC1CCSc2ccccc21. The maximum absolute atomic E-state index is 3.72. The Hall–Kier alpha value is -0.470. The number of thioether (sulfide) groups is 1. The van der Waals surface area contributed by atoms with E-state index >= 15 is 0 Å². The van der Waals surface area contributed by atoms with Gasteiger partial charge in [-0.2, -0.15) is 0 Å². The van der Waals surface area contributed by atoms with E-state index in [2.05, 4.69) is 36.5 Å². The second-order valence-corrected chi connectivity index (χ2v) is 5.88. The summed E-state index contributed by atoms with van der Waals surface area (Å²) < 4.78 is 0. The molecule has 1 atom stereocenters. The van der Waals surface area contributed by atoms with E-state index in [-0.39, 0.29) is 0 Å². The molecule has 0 radical (unpaired) electrons. The minimum Gasteiger partial charge on any atom is -0.310 e. The number of unbranched alkanes of at least 4 members (excludes halogenated alkanes) is 3. The fourth-order valence-corrected chi connectivity index (χ4v) is 3.51. The molecule has 2 heteroatoms. The summed E-state index contributed by atoms with van der Waals surface area (Å²) >= 11 is 2.00. The summed E-state index contributed by atoms with van der Waals surface area (Å²) in [5, 5.41) is 3.72. The van der Waals surface area contributed by atoms with Gasteiger partial charge in [-0.1, -0.05) is 44.4 Å². The first-order chi connectivity index (χ1) is 8.42. The summed E-state index contributed by atoms with van der Waals surface area (Å²) in [6.07, 6.45) is 6.66. The molecule has 1 aromatic carbocycles. The highest BCUT2D eigenvalue weighted by atomic mass is 32.2. The molecule has 1 aromatic rings. The van der Waals surface area contributed by atoms with Gasteiger partial charge in [0.1, 0.15) is 0 Å². The molecule has 0 aliphatic carbocycles. The lowest BCUT2D eigenvalue weighted by Crippen LogP contribution is -2.25. The van der Waals surface area contributed by atoms with Gasteiger partial charge in [-0.05, 0) is 36.8 Å². The lowest BCUT2D eigenvalue weighted by atomic mass is 10.0. The quantitative estimate of drug-likeness (QED) is 0.750. The molecule has 2 rings (SSSR count). The molecule has 1 N–H and O–H groups in total. The summed E-state index contributed by atoms with van der Waals surface area (Å²) in [5.74, 6) is 1.25. The predicted octanol–water partition coefficient (Wildman–Crippen LogP) is 4.39. The zero-order valence-corrected chi connectivity index (χ0v) is 11.6. The highest BCUT2D eigenvalue weighted by Gasteiger charge is 2.18. The van der Waals surface area contributed by atoms with Crippen LogP contribution in [0.25, 0.3) is 0 Å². The molecule has 0 fully saturated rings. The maximum Gasteiger partial charge on any atom is 0.0339 e. The van der Waals surface area contributed by atoms with E-state index in [1.54, 1.807) is 0 Å². The third-order valence-electron chi connectivity index (χ3n) is 3.38. The van der Waals surface area contributed by atoms with Crippen LogP contribution in [0, 0.1) is 0 Å². The van der Waals surface area contributed by atoms with Crippen LogP contribution in [0.5, 0.6) is 0 Å². The summed E-state index contributed by atoms with van der Waals surface area (Å²) in [7, 11) is 0. The van der Waals surface area contributed by atoms with Crippen molar-refractivity contribution in [3.05, 3.63) is 29.8 Å². The van der Waals surface area contributed by atoms with E-state index in [1.165, 1.54) is 54.9 Å². The van der Waals surface area contributed by atoms with Crippen molar-refractivity contribution in [3.63, 3.8) is 0 Å². The summed E-state index contributed by atoms with van der Waals surface area (Å²) in [4.78, 5) is 1.48. The topological polar surface area (TPSA) is 12.0 Å². The average molecular weight is 249 g/mol. The molecular weight excluding hydrogens is 226 g/mol. The third kappa shape index (κ3) is 3.75. The van der Waals surface area contributed by atoms with E-state index in [9.17, 15) is 0 Å². The Morgan fingerprint density at radius 1 is 1.24 bits per heavy atom. The Morgan fingerprint density at radius 3 is 3.00 bits per heavy atom. The molecule has 1 aliphatic rings. The molecule has 0 amide bonds. The first-order valence-electron chi connectivity index (χ1n) is 6.87. The number of rotatable bonds is 6. The van der Waals surface area contributed by atoms with Crippen LogP contribution in [0.2, 0.25) is 0 Å². The van der Waals surface area contributed by atoms with Gasteiger partial charge in [0, 0.05) is 10.9 Å². The van der Waals surface area contributed by atoms with Crippen LogP contribution in [0.1, 0.15) is 50.6 Å². The van der Waals surface area contributed by atoms with Crippen molar-refractivity contribution in [1.29, 1.82) is 0 Å². The number of fused-ring (bicyclic) bond motifs is 1. The summed E-state index contributed by atoms with van der Waals surface area (Å²) in [6.45, 7) is 3.44. The van der Waals surface area contributed by atoms with Crippen LogP contribution in [-0.2, 0) is 0 Å². The number of hydrogen-bond acceptors (Lipinski definition) is 2. The van der Waals surface area contributed by atoms with Gasteiger partial charge in [0.2, 0.25) is 0 Å². The standard InChI is InChI=1S/C15H23NS/c1-2-3-4-7-11-16-14-10-12-17-15-9-6-5-8-13(14)15/h5-6,8-9,14,16H,2-4,7,10-12H2,1H3. The van der Waals surface area contributed by atoms with Gasteiger partial charge >= 0.3 is 0 Å². The van der Waals surface area contributed by atoms with Crippen molar-refractivity contribution in [1.82, 2.24) is 5.32 Å². The van der Waals surface area contributed by atoms with Crippen LogP contribution in [0.15, 0.2) is 29.2 Å². The Bertz CT molecular complexity index is 337. The second kappa shape index (κ2) is 7.07. The van der Waals surface area contributed by atoms with Crippen molar-refractivity contribution in [2.45, 2.75) is 50.0 Å². The first-order valence-corrected chi connectivity index (χ1v) is 7.85. The Balaban J connectivity index is 1.82. The fourth-order valence-electron chi connectivity index (χ4n) is 2.38. The van der Waals surface area contributed by atoms with Crippen molar-refractivity contribution >= 4 is 11.8 Å². The van der Waals surface area contributed by atoms with Crippen LogP contribution in [0.3, 0.4) is 0 Å². The molecule has 1 unspecified atom stereocenters. The molecule has 1 nitrogen and oxygen atoms in total. The van der Waals surface area contributed by atoms with Crippen molar-refractivity contribution in [3.8, 4) is 0 Å². The maximum atomic E-state index is 3.72. The summed E-state index contributed by atoms with van der Waals surface area (Å²) in [5.41, 5.74) is 1.51. The Kier molecular flexibility index (Phi) is 5.40. The first kappa shape index (κ1) is 13.0. The molecule has 1 aliphatic heterocycles. The predicted molar refractivity (Wildman–Crippen MR) is 76.7 cm³/mol. The number of nitrogens with one attached hydrogen (secondary N) is 1. The van der Waals surface area contributed by atoms with Gasteiger partial charge in [0.25, 0.3) is 0 Å². The highest BCUT2D eigenvalue weighted by molar-refractivity contribution is 7.99. The van der Waals surface area contributed by atoms with Gasteiger partial charge < -0.3 is 5.32 Å². The van der Waals surface area contributed by atoms with Gasteiger partial charge in [-0.3, -0.25) is 0 Å². The summed E-state index contributed by atoms with van der Waals surface area (Å²) in [6, 6.07) is 9.44. The molecule has 0 saturated heterocycles. The minimum atomic E-state index is 0.592. The lowest BCUT2D eigenvalue weighted by molar-refractivity contribution is 0.491. The van der Waals surface area contributed by atoms with E-state index in [1.807, 2.05) is 11.8 Å². The van der Waals surface area contributed by atoms with Crippen molar-refractivity contribution < 1.29 is 0 Å². The molecule has 1 heterocycles.